The number of aromatic nitrogens is 1. The fourth-order valence-corrected chi connectivity index (χ4v) is 3.35. The zero-order chi connectivity index (χ0) is 17.3. The molecule has 1 aromatic carbocycles. The number of amides is 2. The second-order valence-electron chi connectivity index (χ2n) is 5.74. The molecule has 0 atom stereocenters. The average Bonchev–Trinajstić information content (AvgIpc) is 2.93. The number of hydrogen-bond acceptors (Lipinski definition) is 3. The van der Waals surface area contributed by atoms with E-state index >= 15 is 0 Å². The maximum absolute atomic E-state index is 12.8. The van der Waals surface area contributed by atoms with Crippen LogP contribution in [0.5, 0.6) is 0 Å². The minimum atomic E-state index is -0.319. The summed E-state index contributed by atoms with van der Waals surface area (Å²) in [6, 6.07) is 7.49. The molecule has 2 amide bonds. The molecule has 24 heavy (non-hydrogen) atoms. The van der Waals surface area contributed by atoms with Crippen molar-refractivity contribution < 1.29 is 14.3 Å². The summed E-state index contributed by atoms with van der Waals surface area (Å²) < 4.78 is 6.83. The second kappa shape index (κ2) is 6.73. The Bertz CT molecular complexity index is 779. The minimum absolute atomic E-state index is 0.0479. The van der Waals surface area contributed by atoms with E-state index in [1.54, 1.807) is 16.7 Å². The van der Waals surface area contributed by atoms with Gasteiger partial charge in [0.25, 0.3) is 5.91 Å². The zero-order valence-electron chi connectivity index (χ0n) is 13.8. The number of ether oxygens (including phenoxy) is 1. The molecule has 0 radical (unpaired) electrons. The number of aryl methyl sites for hydroxylation is 1. The van der Waals surface area contributed by atoms with Crippen molar-refractivity contribution in [3.63, 3.8) is 0 Å². The van der Waals surface area contributed by atoms with Gasteiger partial charge in [-0.2, -0.15) is 0 Å². The Morgan fingerprint density at radius 2 is 1.83 bits per heavy atom. The molecule has 2 heterocycles. The first-order valence-electron chi connectivity index (χ1n) is 7.98. The topological polar surface area (TPSA) is 54.8 Å². The molecule has 0 unspecified atom stereocenters. The number of nitrogens with zero attached hydrogens (tertiary/aromatic N) is 3. The molecule has 7 heteroatoms. The van der Waals surface area contributed by atoms with Crippen LogP contribution in [0.3, 0.4) is 0 Å². The molecule has 0 saturated carbocycles. The molecule has 1 aromatic heterocycles. The smallest absolute Gasteiger partial charge is 0.409 e. The van der Waals surface area contributed by atoms with Crippen LogP contribution < -0.4 is 0 Å². The van der Waals surface area contributed by atoms with Crippen LogP contribution in [0.25, 0.3) is 10.9 Å². The van der Waals surface area contributed by atoms with Crippen molar-refractivity contribution in [3.05, 3.63) is 35.0 Å². The lowest BCUT2D eigenvalue weighted by Crippen LogP contribution is -2.51. The van der Waals surface area contributed by atoms with E-state index in [9.17, 15) is 9.59 Å². The second-order valence-corrected chi connectivity index (χ2v) is 6.15. The first-order valence-corrected chi connectivity index (χ1v) is 8.35. The van der Waals surface area contributed by atoms with Gasteiger partial charge >= 0.3 is 6.09 Å². The Hall–Kier alpha value is -2.21. The van der Waals surface area contributed by atoms with E-state index < -0.39 is 0 Å². The van der Waals surface area contributed by atoms with Gasteiger partial charge in [-0.1, -0.05) is 23.7 Å². The summed E-state index contributed by atoms with van der Waals surface area (Å²) in [5, 5.41) is 1.57. The normalized spacial score (nSPS) is 15.0. The third-order valence-corrected chi connectivity index (χ3v) is 4.62. The number of fused-ring (bicyclic) bond motifs is 1. The first kappa shape index (κ1) is 16.6. The molecule has 0 aliphatic carbocycles. The van der Waals surface area contributed by atoms with E-state index in [0.717, 1.165) is 10.9 Å². The molecule has 1 fully saturated rings. The third kappa shape index (κ3) is 2.94. The van der Waals surface area contributed by atoms with Gasteiger partial charge in [0, 0.05) is 38.6 Å². The van der Waals surface area contributed by atoms with Crippen LogP contribution in [0.1, 0.15) is 17.4 Å². The summed E-state index contributed by atoms with van der Waals surface area (Å²) in [6.45, 7) is 4.09. The number of rotatable bonds is 2. The monoisotopic (exact) mass is 349 g/mol. The fourth-order valence-electron chi connectivity index (χ4n) is 3.04. The highest BCUT2D eigenvalue weighted by atomic mass is 35.5. The van der Waals surface area contributed by atoms with E-state index in [-0.39, 0.29) is 12.0 Å². The lowest BCUT2D eigenvalue weighted by Gasteiger charge is -2.34. The van der Waals surface area contributed by atoms with Gasteiger partial charge in [-0.15, -0.1) is 0 Å². The van der Waals surface area contributed by atoms with E-state index in [1.807, 2.05) is 35.9 Å². The lowest BCUT2D eigenvalue weighted by molar-refractivity contribution is 0.0563. The summed E-state index contributed by atoms with van der Waals surface area (Å²) in [6.07, 6.45) is -0.319. The highest BCUT2D eigenvalue weighted by Crippen LogP contribution is 2.26. The molecule has 6 nitrogen and oxygen atoms in total. The minimum Gasteiger partial charge on any atom is -0.450 e. The Balaban J connectivity index is 1.76. The van der Waals surface area contributed by atoms with Gasteiger partial charge in [-0.3, -0.25) is 4.79 Å². The molecule has 0 spiro atoms. The predicted octanol–water partition coefficient (Wildman–Crippen LogP) is 2.75. The maximum atomic E-state index is 12.8. The van der Waals surface area contributed by atoms with Gasteiger partial charge in [-0.05, 0) is 19.1 Å². The largest absolute Gasteiger partial charge is 0.450 e. The summed E-state index contributed by atoms with van der Waals surface area (Å²) in [5.41, 5.74) is 1.45. The Kier molecular flexibility index (Phi) is 4.66. The van der Waals surface area contributed by atoms with Gasteiger partial charge in [0.1, 0.15) is 5.69 Å². The number of carbonyl (C=O) groups is 2. The molecule has 2 aromatic rings. The quantitative estimate of drug-likeness (QED) is 0.837. The summed E-state index contributed by atoms with van der Waals surface area (Å²) in [7, 11) is 1.84. The molecule has 0 N–H and O–H groups in total. The number of carbonyl (C=O) groups excluding carboxylic acids is 2. The summed E-state index contributed by atoms with van der Waals surface area (Å²) >= 11 is 6.25. The number of halogens is 1. The fraction of sp³-hybridized carbons (Fsp3) is 0.412. The van der Waals surface area contributed by atoms with Crippen molar-refractivity contribution in [2.24, 2.45) is 7.05 Å². The zero-order valence-corrected chi connectivity index (χ0v) is 14.5. The SMILES string of the molecule is CCOC(=O)N1CCN(C(=O)c2cc3cccc(Cl)c3n2C)CC1. The van der Waals surface area contributed by atoms with Crippen LogP contribution in [0.15, 0.2) is 24.3 Å². The molecule has 1 aliphatic rings. The van der Waals surface area contributed by atoms with Crippen LogP contribution in [0.2, 0.25) is 5.02 Å². The van der Waals surface area contributed by atoms with E-state index in [2.05, 4.69) is 0 Å². The van der Waals surface area contributed by atoms with Crippen molar-refractivity contribution in [2.45, 2.75) is 6.92 Å². The standard InChI is InChI=1S/C17H20ClN3O3/c1-3-24-17(23)21-9-7-20(8-10-21)16(22)14-11-12-5-4-6-13(18)15(12)19(14)2/h4-6,11H,3,7-10H2,1-2H3. The van der Waals surface area contributed by atoms with Gasteiger partial charge in [0.05, 0.1) is 17.1 Å². The number of benzene rings is 1. The van der Waals surface area contributed by atoms with Gasteiger partial charge in [-0.25, -0.2) is 4.79 Å². The highest BCUT2D eigenvalue weighted by molar-refractivity contribution is 6.35. The Morgan fingerprint density at radius 1 is 1.17 bits per heavy atom. The van der Waals surface area contributed by atoms with Gasteiger partial charge < -0.3 is 19.1 Å². The Labute approximate surface area is 145 Å². The molecular formula is C17H20ClN3O3. The van der Waals surface area contributed by atoms with Crippen molar-refractivity contribution >= 4 is 34.5 Å². The average molecular weight is 350 g/mol. The highest BCUT2D eigenvalue weighted by Gasteiger charge is 2.27. The molecule has 1 aliphatic heterocycles. The van der Waals surface area contributed by atoms with Gasteiger partial charge in [0.2, 0.25) is 0 Å². The Morgan fingerprint density at radius 3 is 2.46 bits per heavy atom. The number of piperazine rings is 1. The van der Waals surface area contributed by atoms with E-state index in [1.165, 1.54) is 0 Å². The first-order chi connectivity index (χ1) is 11.5. The van der Waals surface area contributed by atoms with Gasteiger partial charge in [0.15, 0.2) is 0 Å². The third-order valence-electron chi connectivity index (χ3n) is 4.32. The van der Waals surface area contributed by atoms with Crippen molar-refractivity contribution in [3.8, 4) is 0 Å². The summed E-state index contributed by atoms with van der Waals surface area (Å²) in [5.74, 6) is -0.0479. The van der Waals surface area contributed by atoms with Crippen molar-refractivity contribution in [1.82, 2.24) is 14.4 Å². The van der Waals surface area contributed by atoms with Crippen molar-refractivity contribution in [1.29, 1.82) is 0 Å². The molecule has 0 bridgehead atoms. The summed E-state index contributed by atoms with van der Waals surface area (Å²) in [4.78, 5) is 28.0. The van der Waals surface area contributed by atoms with Crippen LogP contribution in [0, 0.1) is 0 Å². The van der Waals surface area contributed by atoms with Crippen LogP contribution >= 0.6 is 11.6 Å². The van der Waals surface area contributed by atoms with E-state index in [4.69, 9.17) is 16.3 Å². The number of hydrogen-bond donors (Lipinski definition) is 0. The van der Waals surface area contributed by atoms with Crippen molar-refractivity contribution in [2.75, 3.05) is 32.8 Å². The molecule has 1 saturated heterocycles. The molecular weight excluding hydrogens is 330 g/mol. The lowest BCUT2D eigenvalue weighted by atomic mass is 10.2. The van der Waals surface area contributed by atoms with Crippen LogP contribution in [-0.2, 0) is 11.8 Å². The van der Waals surface area contributed by atoms with E-state index in [0.29, 0.717) is 43.5 Å². The van der Waals surface area contributed by atoms with Crippen LogP contribution in [-0.4, -0.2) is 59.2 Å². The molecule has 128 valence electrons. The molecule has 3 rings (SSSR count). The van der Waals surface area contributed by atoms with Crippen LogP contribution in [0.4, 0.5) is 4.79 Å². The maximum Gasteiger partial charge on any atom is 0.409 e. The number of para-hydroxylation sites is 1. The predicted molar refractivity (Wildman–Crippen MR) is 92.4 cm³/mol.